The number of hydrogen-bond donors (Lipinski definition) is 1. The molecule has 1 aromatic carbocycles. The third-order valence-corrected chi connectivity index (χ3v) is 5.22. The second-order valence-corrected chi connectivity index (χ2v) is 7.20. The summed E-state index contributed by atoms with van der Waals surface area (Å²) in [6.07, 6.45) is 6.25. The summed E-state index contributed by atoms with van der Waals surface area (Å²) < 4.78 is 1.93. The Morgan fingerprint density at radius 1 is 1.33 bits per heavy atom. The van der Waals surface area contributed by atoms with Gasteiger partial charge in [-0.25, -0.2) is 4.68 Å². The van der Waals surface area contributed by atoms with Crippen molar-refractivity contribution < 1.29 is 4.79 Å². The zero-order valence-corrected chi connectivity index (χ0v) is 15.1. The maximum atomic E-state index is 12.2. The van der Waals surface area contributed by atoms with Crippen LogP contribution in [0.25, 0.3) is 0 Å². The van der Waals surface area contributed by atoms with E-state index in [1.165, 1.54) is 12.8 Å². The van der Waals surface area contributed by atoms with Gasteiger partial charge in [-0.05, 0) is 56.2 Å². The molecule has 1 heterocycles. The van der Waals surface area contributed by atoms with E-state index < -0.39 is 0 Å². The molecule has 1 aliphatic rings. The van der Waals surface area contributed by atoms with E-state index in [9.17, 15) is 4.79 Å². The lowest BCUT2D eigenvalue weighted by Crippen LogP contribution is -2.18. The summed E-state index contributed by atoms with van der Waals surface area (Å²) in [5.41, 5.74) is 1.09. The Morgan fingerprint density at radius 2 is 2.12 bits per heavy atom. The summed E-state index contributed by atoms with van der Waals surface area (Å²) in [5, 5.41) is 8.43. The van der Waals surface area contributed by atoms with Gasteiger partial charge >= 0.3 is 0 Å². The van der Waals surface area contributed by atoms with Crippen molar-refractivity contribution in [2.24, 2.45) is 5.92 Å². The van der Waals surface area contributed by atoms with Gasteiger partial charge in [0, 0.05) is 12.5 Å². The van der Waals surface area contributed by atoms with Gasteiger partial charge in [0.25, 0.3) is 0 Å². The number of anilines is 1. The molecular formula is C18H21Cl2N3O. The minimum absolute atomic E-state index is 0.0137. The van der Waals surface area contributed by atoms with E-state index in [4.69, 9.17) is 23.2 Å². The fourth-order valence-corrected chi connectivity index (χ4v) is 3.19. The first-order valence-electron chi connectivity index (χ1n) is 8.32. The molecule has 3 rings (SSSR count). The molecule has 24 heavy (non-hydrogen) atoms. The fourth-order valence-electron chi connectivity index (χ4n) is 2.87. The first-order valence-corrected chi connectivity index (χ1v) is 9.07. The first kappa shape index (κ1) is 17.3. The molecule has 1 aromatic heterocycles. The molecule has 0 aliphatic heterocycles. The quantitative estimate of drug-likeness (QED) is 0.739. The van der Waals surface area contributed by atoms with Crippen molar-refractivity contribution in [2.45, 2.75) is 45.1 Å². The van der Waals surface area contributed by atoms with Gasteiger partial charge in [0.2, 0.25) is 5.91 Å². The lowest BCUT2D eigenvalue weighted by molar-refractivity contribution is -0.116. The summed E-state index contributed by atoms with van der Waals surface area (Å²) in [6.45, 7) is 2.16. The zero-order chi connectivity index (χ0) is 17.1. The normalized spacial score (nSPS) is 15.3. The second-order valence-electron chi connectivity index (χ2n) is 6.39. The van der Waals surface area contributed by atoms with Gasteiger partial charge in [0.05, 0.1) is 22.3 Å². The Bertz CT molecular complexity index is 725. The van der Waals surface area contributed by atoms with Gasteiger partial charge < -0.3 is 5.32 Å². The number of rotatable bonds is 7. The minimum Gasteiger partial charge on any atom is -0.311 e. The van der Waals surface area contributed by atoms with Crippen LogP contribution in [0.2, 0.25) is 10.0 Å². The minimum atomic E-state index is 0.0137. The number of carbonyl (C=O) groups excluding carboxylic acids is 1. The molecule has 1 fully saturated rings. The lowest BCUT2D eigenvalue weighted by Gasteiger charge is -2.15. The molecule has 2 aromatic rings. The number of halogens is 2. The van der Waals surface area contributed by atoms with E-state index in [-0.39, 0.29) is 5.91 Å². The van der Waals surface area contributed by atoms with Crippen LogP contribution in [0, 0.1) is 5.92 Å². The summed E-state index contributed by atoms with van der Waals surface area (Å²) in [6, 6.07) is 7.78. The Morgan fingerprint density at radius 3 is 2.83 bits per heavy atom. The number of hydrogen-bond acceptors (Lipinski definition) is 2. The van der Waals surface area contributed by atoms with Crippen LogP contribution in [0.5, 0.6) is 0 Å². The maximum absolute atomic E-state index is 12.2. The molecule has 1 N–H and O–H groups in total. The van der Waals surface area contributed by atoms with Crippen molar-refractivity contribution in [3.05, 3.63) is 46.1 Å². The molecule has 0 bridgehead atoms. The molecule has 0 spiro atoms. The molecular weight excluding hydrogens is 345 g/mol. The average Bonchev–Trinajstić information content (AvgIpc) is 3.30. The van der Waals surface area contributed by atoms with Crippen molar-refractivity contribution >= 4 is 34.9 Å². The van der Waals surface area contributed by atoms with Crippen LogP contribution in [0.15, 0.2) is 30.5 Å². The highest BCUT2D eigenvalue weighted by atomic mass is 35.5. The van der Waals surface area contributed by atoms with Gasteiger partial charge in [0.1, 0.15) is 5.82 Å². The number of benzene rings is 1. The van der Waals surface area contributed by atoms with E-state index in [1.807, 2.05) is 22.9 Å². The average molecular weight is 366 g/mol. The summed E-state index contributed by atoms with van der Waals surface area (Å²) in [7, 11) is 0. The summed E-state index contributed by atoms with van der Waals surface area (Å²) >= 11 is 11.9. The SMILES string of the molecule is CC(C1CC1)n1nccc1NC(=O)CCCc1ccc(Cl)c(Cl)c1. The Balaban J connectivity index is 1.49. The second kappa shape index (κ2) is 7.58. The molecule has 128 valence electrons. The molecule has 0 saturated heterocycles. The Labute approximate surface area is 152 Å². The predicted octanol–water partition coefficient (Wildman–Crippen LogP) is 5.12. The van der Waals surface area contributed by atoms with Crippen molar-refractivity contribution in [1.82, 2.24) is 9.78 Å². The van der Waals surface area contributed by atoms with E-state index >= 15 is 0 Å². The molecule has 1 atom stereocenters. The lowest BCUT2D eigenvalue weighted by atomic mass is 10.1. The van der Waals surface area contributed by atoms with E-state index in [2.05, 4.69) is 17.3 Å². The zero-order valence-electron chi connectivity index (χ0n) is 13.6. The van der Waals surface area contributed by atoms with Crippen LogP contribution >= 0.6 is 23.2 Å². The maximum Gasteiger partial charge on any atom is 0.225 e. The molecule has 4 nitrogen and oxygen atoms in total. The predicted molar refractivity (Wildman–Crippen MR) is 97.7 cm³/mol. The summed E-state index contributed by atoms with van der Waals surface area (Å²) in [4.78, 5) is 12.2. The third kappa shape index (κ3) is 4.31. The van der Waals surface area contributed by atoms with Crippen LogP contribution in [0.1, 0.15) is 44.2 Å². The monoisotopic (exact) mass is 365 g/mol. The Hall–Kier alpha value is -1.52. The molecule has 1 aliphatic carbocycles. The fraction of sp³-hybridized carbons (Fsp3) is 0.444. The number of aromatic nitrogens is 2. The number of aryl methyl sites for hydroxylation is 1. The number of amides is 1. The molecule has 1 amide bonds. The van der Waals surface area contributed by atoms with Gasteiger partial charge in [-0.1, -0.05) is 29.3 Å². The Kier molecular flexibility index (Phi) is 5.47. The number of carbonyl (C=O) groups is 1. The van der Waals surface area contributed by atoms with E-state index in [0.29, 0.717) is 28.4 Å². The van der Waals surface area contributed by atoms with E-state index in [0.717, 1.165) is 24.2 Å². The van der Waals surface area contributed by atoms with E-state index in [1.54, 1.807) is 12.3 Å². The highest BCUT2D eigenvalue weighted by molar-refractivity contribution is 6.42. The first-order chi connectivity index (χ1) is 11.5. The van der Waals surface area contributed by atoms with Crippen molar-refractivity contribution in [3.8, 4) is 0 Å². The standard InChI is InChI=1S/C18H21Cl2N3O/c1-12(14-6-7-14)23-17(9-10-21-23)22-18(24)4-2-3-13-5-8-15(19)16(20)11-13/h5,8-12,14H,2-4,6-7H2,1H3,(H,22,24). The van der Waals surface area contributed by atoms with Crippen LogP contribution < -0.4 is 5.32 Å². The van der Waals surface area contributed by atoms with Crippen molar-refractivity contribution in [3.63, 3.8) is 0 Å². The summed E-state index contributed by atoms with van der Waals surface area (Å²) in [5.74, 6) is 1.49. The largest absolute Gasteiger partial charge is 0.311 e. The van der Waals surface area contributed by atoms with Crippen molar-refractivity contribution in [2.75, 3.05) is 5.32 Å². The molecule has 6 heteroatoms. The molecule has 1 unspecified atom stereocenters. The van der Waals surface area contributed by atoms with Crippen molar-refractivity contribution in [1.29, 1.82) is 0 Å². The third-order valence-electron chi connectivity index (χ3n) is 4.48. The van der Waals surface area contributed by atoms with Crippen LogP contribution in [0.4, 0.5) is 5.82 Å². The highest BCUT2D eigenvalue weighted by Crippen LogP contribution is 2.40. The van der Waals surface area contributed by atoms with Gasteiger partial charge in [-0.2, -0.15) is 5.10 Å². The van der Waals surface area contributed by atoms with Crippen LogP contribution in [0.3, 0.4) is 0 Å². The van der Waals surface area contributed by atoms with Crippen LogP contribution in [-0.2, 0) is 11.2 Å². The topological polar surface area (TPSA) is 46.9 Å². The smallest absolute Gasteiger partial charge is 0.225 e. The molecule has 1 saturated carbocycles. The van der Waals surface area contributed by atoms with Gasteiger partial charge in [-0.15, -0.1) is 0 Å². The van der Waals surface area contributed by atoms with Gasteiger partial charge in [-0.3, -0.25) is 4.79 Å². The number of nitrogens with one attached hydrogen (secondary N) is 1. The van der Waals surface area contributed by atoms with Gasteiger partial charge in [0.15, 0.2) is 0 Å². The molecule has 0 radical (unpaired) electrons. The van der Waals surface area contributed by atoms with Crippen LogP contribution in [-0.4, -0.2) is 15.7 Å². The highest BCUT2D eigenvalue weighted by Gasteiger charge is 2.30. The number of nitrogens with zero attached hydrogens (tertiary/aromatic N) is 2.